The van der Waals surface area contributed by atoms with Gasteiger partial charge in [-0.15, -0.1) is 0 Å². The minimum atomic E-state index is -4.67. The van der Waals surface area contributed by atoms with Gasteiger partial charge in [-0.1, -0.05) is 23.7 Å². The normalized spacial score (nSPS) is 12.9. The van der Waals surface area contributed by atoms with Crippen LogP contribution in [0.4, 0.5) is 18.0 Å². The second-order valence-corrected chi connectivity index (χ2v) is 9.47. The summed E-state index contributed by atoms with van der Waals surface area (Å²) in [5, 5.41) is 2.98. The number of carbonyl (C=O) groups is 1. The van der Waals surface area contributed by atoms with Crippen molar-refractivity contribution in [2.45, 2.75) is 58.4 Å². The Morgan fingerprint density at radius 1 is 1.25 bits per heavy atom. The van der Waals surface area contributed by atoms with Crippen molar-refractivity contribution in [2.75, 3.05) is 6.61 Å². The number of nitrogens with one attached hydrogen (secondary N) is 2. The predicted molar refractivity (Wildman–Crippen MR) is 128 cm³/mol. The lowest BCUT2D eigenvalue weighted by Gasteiger charge is -2.24. The Labute approximate surface area is 210 Å². The molecule has 194 valence electrons. The number of hydrogen-bond acceptors (Lipinski definition) is 6. The van der Waals surface area contributed by atoms with E-state index in [0.717, 1.165) is 6.07 Å². The summed E-state index contributed by atoms with van der Waals surface area (Å²) in [7, 11) is 0. The quantitative estimate of drug-likeness (QED) is 0.307. The summed E-state index contributed by atoms with van der Waals surface area (Å²) in [6.45, 7) is 6.48. The Morgan fingerprint density at radius 3 is 2.64 bits per heavy atom. The average molecular weight is 527 g/mol. The molecule has 2 heterocycles. The minimum Gasteiger partial charge on any atom is -0.493 e. The minimum absolute atomic E-state index is 0.0974. The second-order valence-electron chi connectivity index (χ2n) is 9.08. The third-order valence-corrected chi connectivity index (χ3v) is 5.17. The number of nitrogens with zero attached hydrogens (tertiary/aromatic N) is 2. The van der Waals surface area contributed by atoms with Crippen LogP contribution in [0.25, 0.3) is 10.9 Å². The third kappa shape index (κ3) is 7.09. The Kier molecular flexibility index (Phi) is 8.12. The number of aromatic amines is 1. The van der Waals surface area contributed by atoms with E-state index in [1.807, 2.05) is 0 Å². The van der Waals surface area contributed by atoms with Gasteiger partial charge in [0.15, 0.2) is 0 Å². The molecular weight excluding hydrogens is 501 g/mol. The van der Waals surface area contributed by atoms with Crippen LogP contribution >= 0.6 is 11.6 Å². The molecule has 0 saturated carbocycles. The van der Waals surface area contributed by atoms with Crippen LogP contribution in [0.5, 0.6) is 5.75 Å². The van der Waals surface area contributed by atoms with Crippen LogP contribution in [0, 0.1) is 0 Å². The highest BCUT2D eigenvalue weighted by molar-refractivity contribution is 6.30. The van der Waals surface area contributed by atoms with Crippen molar-refractivity contribution in [3.63, 3.8) is 0 Å². The lowest BCUT2D eigenvalue weighted by atomic mass is 10.0. The van der Waals surface area contributed by atoms with E-state index in [9.17, 15) is 22.8 Å². The van der Waals surface area contributed by atoms with Gasteiger partial charge in [0.25, 0.3) is 5.56 Å². The Hall–Kier alpha value is -3.34. The number of fused-ring (bicyclic) bond motifs is 1. The van der Waals surface area contributed by atoms with E-state index in [4.69, 9.17) is 21.1 Å². The zero-order valence-electron chi connectivity index (χ0n) is 20.1. The van der Waals surface area contributed by atoms with Crippen LogP contribution in [0.15, 0.2) is 35.3 Å². The van der Waals surface area contributed by atoms with Crippen LogP contribution in [0.1, 0.15) is 57.1 Å². The number of H-pyrrole nitrogens is 1. The van der Waals surface area contributed by atoms with Crippen molar-refractivity contribution in [1.29, 1.82) is 0 Å². The summed E-state index contributed by atoms with van der Waals surface area (Å²) in [4.78, 5) is 35.3. The van der Waals surface area contributed by atoms with Crippen LogP contribution < -0.4 is 15.6 Å². The predicted octanol–water partition coefficient (Wildman–Crippen LogP) is 5.59. The largest absolute Gasteiger partial charge is 0.493 e. The molecule has 0 saturated heterocycles. The lowest BCUT2D eigenvalue weighted by Crippen LogP contribution is -2.34. The van der Waals surface area contributed by atoms with E-state index in [1.54, 1.807) is 20.8 Å². The number of alkyl halides is 3. The summed E-state index contributed by atoms with van der Waals surface area (Å²) >= 11 is 5.81. The van der Waals surface area contributed by atoms with Crippen molar-refractivity contribution in [3.8, 4) is 5.75 Å². The fraction of sp³-hybridized carbons (Fsp3) is 0.417. The first-order chi connectivity index (χ1) is 16.7. The number of carbonyl (C=O) groups excluding carboxylic acids is 1. The van der Waals surface area contributed by atoms with E-state index >= 15 is 0 Å². The zero-order chi connectivity index (χ0) is 26.7. The van der Waals surface area contributed by atoms with Gasteiger partial charge in [0.05, 0.1) is 35.3 Å². The number of ether oxygens (including phenoxy) is 2. The van der Waals surface area contributed by atoms with Crippen molar-refractivity contribution in [2.24, 2.45) is 0 Å². The number of halogens is 4. The first kappa shape index (κ1) is 27.3. The highest BCUT2D eigenvalue weighted by Gasteiger charge is 2.36. The van der Waals surface area contributed by atoms with E-state index in [2.05, 4.69) is 20.3 Å². The SMILES string of the molecule is CC(NC(=O)OC(C)(C)C)c1cccc(C(F)(F)F)c1OCCCc1nc2cnc(Cl)cc2c(=O)[nH]1. The van der Waals surface area contributed by atoms with Gasteiger partial charge in [-0.25, -0.2) is 14.8 Å². The smallest absolute Gasteiger partial charge is 0.419 e. The fourth-order valence-electron chi connectivity index (χ4n) is 3.44. The van der Waals surface area contributed by atoms with Gasteiger partial charge >= 0.3 is 12.3 Å². The maximum absolute atomic E-state index is 13.7. The molecule has 3 aromatic rings. The molecule has 12 heteroatoms. The van der Waals surface area contributed by atoms with Crippen LogP contribution in [0.2, 0.25) is 5.15 Å². The zero-order valence-corrected chi connectivity index (χ0v) is 20.9. The number of rotatable bonds is 7. The van der Waals surface area contributed by atoms with E-state index in [-0.39, 0.29) is 41.3 Å². The number of aryl methyl sites for hydroxylation is 1. The highest BCUT2D eigenvalue weighted by atomic mass is 35.5. The van der Waals surface area contributed by atoms with Crippen molar-refractivity contribution >= 4 is 28.6 Å². The maximum Gasteiger partial charge on any atom is 0.419 e. The van der Waals surface area contributed by atoms with Crippen molar-refractivity contribution in [3.05, 3.63) is 62.9 Å². The molecule has 36 heavy (non-hydrogen) atoms. The number of benzene rings is 1. The molecule has 0 bridgehead atoms. The summed E-state index contributed by atoms with van der Waals surface area (Å²) in [6, 6.07) is 4.20. The summed E-state index contributed by atoms with van der Waals surface area (Å²) in [6.07, 6.45) is -3.56. The Balaban J connectivity index is 1.75. The van der Waals surface area contributed by atoms with E-state index in [0.29, 0.717) is 11.3 Å². The summed E-state index contributed by atoms with van der Waals surface area (Å²) in [5.74, 6) is -0.0446. The number of aromatic nitrogens is 3. The van der Waals surface area contributed by atoms with Gasteiger partial charge in [0, 0.05) is 12.0 Å². The number of para-hydroxylation sites is 1. The molecule has 0 aliphatic carbocycles. The molecule has 0 aliphatic rings. The van der Waals surface area contributed by atoms with E-state index in [1.165, 1.54) is 31.3 Å². The first-order valence-electron chi connectivity index (χ1n) is 11.1. The lowest BCUT2D eigenvalue weighted by molar-refractivity contribution is -0.139. The van der Waals surface area contributed by atoms with Crippen molar-refractivity contribution < 1.29 is 27.4 Å². The standard InChI is InChI=1S/C24H26ClF3N4O4/c1-13(30-22(34)36-23(2,3)4)14-7-5-8-16(24(26,27)28)20(14)35-10-6-9-19-31-17-12-29-18(25)11-15(17)21(33)32-19/h5,7-8,11-13H,6,9-10H2,1-4H3,(H,30,34)(H,31,32,33). The van der Waals surface area contributed by atoms with Gasteiger partial charge in [-0.3, -0.25) is 4.79 Å². The van der Waals surface area contributed by atoms with Gasteiger partial charge in [-0.05, 0) is 46.2 Å². The Morgan fingerprint density at radius 2 is 1.97 bits per heavy atom. The molecular formula is C24H26ClF3N4O4. The molecule has 0 radical (unpaired) electrons. The highest BCUT2D eigenvalue weighted by Crippen LogP contribution is 2.40. The summed E-state index contributed by atoms with van der Waals surface area (Å²) in [5.41, 5.74) is -1.62. The molecule has 1 unspecified atom stereocenters. The van der Waals surface area contributed by atoms with Crippen molar-refractivity contribution in [1.82, 2.24) is 20.3 Å². The fourth-order valence-corrected chi connectivity index (χ4v) is 3.60. The molecule has 0 spiro atoms. The van der Waals surface area contributed by atoms with Crippen LogP contribution in [0.3, 0.4) is 0 Å². The summed E-state index contributed by atoms with van der Waals surface area (Å²) < 4.78 is 51.9. The molecule has 1 atom stereocenters. The second kappa shape index (κ2) is 10.7. The van der Waals surface area contributed by atoms with Gasteiger partial charge in [0.1, 0.15) is 22.3 Å². The molecule has 1 amide bonds. The third-order valence-electron chi connectivity index (χ3n) is 4.96. The van der Waals surface area contributed by atoms with Crippen LogP contribution in [-0.4, -0.2) is 33.3 Å². The molecule has 3 rings (SSSR count). The van der Waals surface area contributed by atoms with Crippen LogP contribution in [-0.2, 0) is 17.3 Å². The molecule has 8 nitrogen and oxygen atoms in total. The number of amides is 1. The van der Waals surface area contributed by atoms with Gasteiger partial charge in [-0.2, -0.15) is 13.2 Å². The number of pyridine rings is 1. The molecule has 1 aromatic carbocycles. The topological polar surface area (TPSA) is 106 Å². The average Bonchev–Trinajstić information content (AvgIpc) is 2.75. The molecule has 2 aromatic heterocycles. The number of alkyl carbamates (subject to hydrolysis) is 1. The number of hydrogen-bond donors (Lipinski definition) is 2. The Bertz CT molecular complexity index is 1310. The maximum atomic E-state index is 13.7. The monoisotopic (exact) mass is 526 g/mol. The van der Waals surface area contributed by atoms with Gasteiger partial charge in [0.2, 0.25) is 0 Å². The molecule has 2 N–H and O–H groups in total. The first-order valence-corrected chi connectivity index (χ1v) is 11.5. The molecule has 0 fully saturated rings. The molecule has 0 aliphatic heterocycles. The van der Waals surface area contributed by atoms with Gasteiger partial charge < -0.3 is 19.8 Å². The van der Waals surface area contributed by atoms with E-state index < -0.39 is 35.0 Å².